The number of allylic oxidation sites excluding steroid dienone is 1. The van der Waals surface area contributed by atoms with Crippen molar-refractivity contribution in [2.45, 2.75) is 13.0 Å². The van der Waals surface area contributed by atoms with Gasteiger partial charge >= 0.3 is 0 Å². The summed E-state index contributed by atoms with van der Waals surface area (Å²) in [5.74, 6) is 2.06. The molecule has 1 atom stereocenters. The van der Waals surface area contributed by atoms with Gasteiger partial charge in [-0.15, -0.1) is 5.10 Å². The van der Waals surface area contributed by atoms with Crippen LogP contribution < -0.4 is 24.8 Å². The van der Waals surface area contributed by atoms with Gasteiger partial charge in [-0.05, 0) is 61.0 Å². The van der Waals surface area contributed by atoms with E-state index in [1.54, 1.807) is 38.1 Å². The number of hydrogen-bond donors (Lipinski definition) is 2. The number of nitrogens with zero attached hydrogens (tertiary/aromatic N) is 3. The van der Waals surface area contributed by atoms with Crippen LogP contribution in [0.2, 0.25) is 5.02 Å². The maximum absolute atomic E-state index is 13.7. The minimum absolute atomic E-state index is 0.283. The number of nitrogens with one attached hydrogen (secondary N) is 2. The number of benzene rings is 3. The summed E-state index contributed by atoms with van der Waals surface area (Å²) >= 11 is 6.08. The molecular weight excluding hydrogens is 506 g/mol. The van der Waals surface area contributed by atoms with E-state index in [1.807, 2.05) is 61.5 Å². The Labute approximate surface area is 225 Å². The van der Waals surface area contributed by atoms with Crippen molar-refractivity contribution >= 4 is 29.1 Å². The quantitative estimate of drug-likeness (QED) is 0.322. The molecule has 2 heterocycles. The zero-order chi connectivity index (χ0) is 26.8. The molecule has 2 N–H and O–H groups in total. The Morgan fingerprint density at radius 1 is 0.974 bits per heavy atom. The fourth-order valence-electron chi connectivity index (χ4n) is 4.45. The third-order valence-electron chi connectivity index (χ3n) is 6.23. The highest BCUT2D eigenvalue weighted by molar-refractivity contribution is 6.30. The zero-order valence-corrected chi connectivity index (χ0v) is 22.0. The molecule has 194 valence electrons. The van der Waals surface area contributed by atoms with Gasteiger partial charge in [0.2, 0.25) is 11.7 Å². The zero-order valence-electron chi connectivity index (χ0n) is 21.3. The lowest BCUT2D eigenvalue weighted by Crippen LogP contribution is -2.31. The van der Waals surface area contributed by atoms with Crippen LogP contribution in [0.15, 0.2) is 78.0 Å². The van der Waals surface area contributed by atoms with Crippen LogP contribution in [0.25, 0.3) is 11.4 Å². The first-order chi connectivity index (χ1) is 18.4. The van der Waals surface area contributed by atoms with Crippen LogP contribution in [0.1, 0.15) is 18.5 Å². The third-order valence-corrected chi connectivity index (χ3v) is 6.49. The first-order valence-corrected chi connectivity index (χ1v) is 12.2. The van der Waals surface area contributed by atoms with Gasteiger partial charge in [0.1, 0.15) is 6.04 Å². The Bertz CT molecular complexity index is 1490. The minimum atomic E-state index is -0.655. The van der Waals surface area contributed by atoms with E-state index in [1.165, 1.54) is 0 Å². The summed E-state index contributed by atoms with van der Waals surface area (Å²) in [4.78, 5) is 18.5. The number of hydrogen-bond acceptors (Lipinski definition) is 7. The van der Waals surface area contributed by atoms with Crippen molar-refractivity contribution in [2.75, 3.05) is 32.0 Å². The van der Waals surface area contributed by atoms with Crippen molar-refractivity contribution in [1.82, 2.24) is 14.8 Å². The normalized spacial score (nSPS) is 14.4. The third kappa shape index (κ3) is 4.64. The molecule has 0 bridgehead atoms. The Balaban J connectivity index is 1.67. The number of rotatable bonds is 7. The molecule has 5 rings (SSSR count). The van der Waals surface area contributed by atoms with Crippen LogP contribution in [0, 0.1) is 0 Å². The molecule has 1 amide bonds. The maximum atomic E-state index is 13.7. The maximum Gasteiger partial charge on any atom is 0.255 e. The molecule has 0 radical (unpaired) electrons. The standard InChI is InChI=1S/C28H26ClN5O4/c1-16-23(27(35)31-20-8-6-5-7-9-20)24(18-14-21(36-2)25(38-4)22(15-18)37-3)34-28(30-16)32-26(33-34)17-10-12-19(29)13-11-17/h5-15,24H,1-4H3,(H,31,35)(H,30,32,33). The van der Waals surface area contributed by atoms with Crippen molar-refractivity contribution in [3.8, 4) is 28.6 Å². The SMILES string of the molecule is COc1cc(C2C(C(=O)Nc3ccccc3)=C(C)Nc3nc(-c4ccc(Cl)cc4)nn32)cc(OC)c1OC. The van der Waals surface area contributed by atoms with E-state index >= 15 is 0 Å². The largest absolute Gasteiger partial charge is 0.493 e. The van der Waals surface area contributed by atoms with E-state index in [0.717, 1.165) is 5.56 Å². The van der Waals surface area contributed by atoms with Crippen molar-refractivity contribution in [1.29, 1.82) is 0 Å². The van der Waals surface area contributed by atoms with Crippen LogP contribution in [0.4, 0.5) is 11.6 Å². The van der Waals surface area contributed by atoms with Gasteiger partial charge in [-0.25, -0.2) is 4.68 Å². The Morgan fingerprint density at radius 2 is 1.63 bits per heavy atom. The highest BCUT2D eigenvalue weighted by Crippen LogP contribution is 2.44. The number of carbonyl (C=O) groups excluding carboxylic acids is 1. The topological polar surface area (TPSA) is 99.5 Å². The predicted octanol–water partition coefficient (Wildman–Crippen LogP) is 5.55. The second-order valence-electron chi connectivity index (χ2n) is 8.56. The summed E-state index contributed by atoms with van der Waals surface area (Å²) in [5, 5.41) is 11.7. The molecule has 9 nitrogen and oxygen atoms in total. The van der Waals surface area contributed by atoms with Crippen molar-refractivity contribution in [3.63, 3.8) is 0 Å². The van der Waals surface area contributed by atoms with Crippen LogP contribution in [-0.2, 0) is 4.79 Å². The number of carbonyl (C=O) groups is 1. The minimum Gasteiger partial charge on any atom is -0.493 e. The first kappa shape index (κ1) is 25.2. The fourth-order valence-corrected chi connectivity index (χ4v) is 4.58. The first-order valence-electron chi connectivity index (χ1n) is 11.8. The molecule has 1 unspecified atom stereocenters. The predicted molar refractivity (Wildman–Crippen MR) is 146 cm³/mol. The van der Waals surface area contributed by atoms with Crippen molar-refractivity contribution in [2.24, 2.45) is 0 Å². The van der Waals surface area contributed by atoms with E-state index in [-0.39, 0.29) is 5.91 Å². The van der Waals surface area contributed by atoms with Gasteiger partial charge in [0.15, 0.2) is 17.3 Å². The van der Waals surface area contributed by atoms with Crippen LogP contribution in [0.3, 0.4) is 0 Å². The summed E-state index contributed by atoms with van der Waals surface area (Å²) in [6.07, 6.45) is 0. The van der Waals surface area contributed by atoms with Gasteiger partial charge in [0.25, 0.3) is 5.91 Å². The van der Waals surface area contributed by atoms with Crippen molar-refractivity contribution < 1.29 is 19.0 Å². The molecule has 0 saturated carbocycles. The van der Waals surface area contributed by atoms with Crippen molar-refractivity contribution in [3.05, 3.63) is 88.6 Å². The lowest BCUT2D eigenvalue weighted by molar-refractivity contribution is -0.113. The number of ether oxygens (including phenoxy) is 3. The Kier molecular flexibility index (Phi) is 6.93. The summed E-state index contributed by atoms with van der Waals surface area (Å²) in [5.41, 5.74) is 3.26. The van der Waals surface area contributed by atoms with E-state index in [4.69, 9.17) is 35.9 Å². The number of amides is 1. The number of aromatic nitrogens is 3. The molecule has 3 aromatic carbocycles. The number of methoxy groups -OCH3 is 3. The van der Waals surface area contributed by atoms with Gasteiger partial charge < -0.3 is 24.8 Å². The fraction of sp³-hybridized carbons (Fsp3) is 0.179. The lowest BCUT2D eigenvalue weighted by atomic mass is 9.94. The monoisotopic (exact) mass is 531 g/mol. The second kappa shape index (κ2) is 10.5. The summed E-state index contributed by atoms with van der Waals surface area (Å²) in [6, 6.07) is 19.5. The van der Waals surface area contributed by atoms with E-state index in [9.17, 15) is 4.79 Å². The number of halogens is 1. The molecule has 1 aliphatic heterocycles. The molecule has 1 aliphatic rings. The van der Waals surface area contributed by atoms with Gasteiger partial charge in [-0.1, -0.05) is 29.8 Å². The average Bonchev–Trinajstić information content (AvgIpc) is 3.35. The van der Waals surface area contributed by atoms with E-state index in [2.05, 4.69) is 10.6 Å². The molecule has 10 heteroatoms. The molecule has 4 aromatic rings. The molecule has 0 saturated heterocycles. The number of anilines is 2. The Morgan fingerprint density at radius 3 is 2.24 bits per heavy atom. The smallest absolute Gasteiger partial charge is 0.255 e. The molecule has 0 aliphatic carbocycles. The average molecular weight is 532 g/mol. The highest BCUT2D eigenvalue weighted by atomic mass is 35.5. The number of para-hydroxylation sites is 1. The molecule has 0 fully saturated rings. The second-order valence-corrected chi connectivity index (χ2v) is 8.99. The van der Waals surface area contributed by atoms with Crippen LogP contribution in [0.5, 0.6) is 17.2 Å². The van der Waals surface area contributed by atoms with Gasteiger partial charge in [0, 0.05) is 22.0 Å². The van der Waals surface area contributed by atoms with E-state index < -0.39 is 6.04 Å². The molecule has 1 aromatic heterocycles. The van der Waals surface area contributed by atoms with Gasteiger partial charge in [-0.3, -0.25) is 4.79 Å². The summed E-state index contributed by atoms with van der Waals surface area (Å²) in [6.45, 7) is 1.84. The summed E-state index contributed by atoms with van der Waals surface area (Å²) in [7, 11) is 4.64. The van der Waals surface area contributed by atoms with E-state index in [0.29, 0.717) is 56.6 Å². The number of fused-ring (bicyclic) bond motifs is 1. The Hall–Kier alpha value is -4.50. The molecule has 0 spiro atoms. The van der Waals surface area contributed by atoms with Gasteiger partial charge in [-0.2, -0.15) is 4.98 Å². The van der Waals surface area contributed by atoms with Gasteiger partial charge in [0.05, 0.1) is 26.9 Å². The van der Waals surface area contributed by atoms with Crippen LogP contribution in [-0.4, -0.2) is 42.0 Å². The summed E-state index contributed by atoms with van der Waals surface area (Å²) < 4.78 is 18.4. The highest BCUT2D eigenvalue weighted by Gasteiger charge is 2.35. The molecule has 38 heavy (non-hydrogen) atoms. The lowest BCUT2D eigenvalue weighted by Gasteiger charge is -2.29. The van der Waals surface area contributed by atoms with Crippen LogP contribution >= 0.6 is 11.6 Å². The molecular formula is C28H26ClN5O4.